The summed E-state index contributed by atoms with van der Waals surface area (Å²) in [7, 11) is 0. The molecule has 2 N–H and O–H groups in total. The number of carbonyl (C=O) groups excluding carboxylic acids is 3. The van der Waals surface area contributed by atoms with Gasteiger partial charge < -0.3 is 15.5 Å². The van der Waals surface area contributed by atoms with Crippen LogP contribution >= 0.6 is 11.3 Å². The van der Waals surface area contributed by atoms with Crippen LogP contribution in [0.25, 0.3) is 0 Å². The first-order valence-corrected chi connectivity index (χ1v) is 10.7. The van der Waals surface area contributed by atoms with Gasteiger partial charge in [0.1, 0.15) is 0 Å². The quantitative estimate of drug-likeness (QED) is 0.728. The van der Waals surface area contributed by atoms with Gasteiger partial charge >= 0.3 is 0 Å². The Morgan fingerprint density at radius 3 is 2.38 bits per heavy atom. The minimum absolute atomic E-state index is 0.0313. The molecular weight excluding hydrogens is 388 g/mol. The Bertz CT molecular complexity index is 828. The molecule has 3 rings (SSSR count). The average Bonchev–Trinajstić information content (AvgIpc) is 3.28. The first kappa shape index (κ1) is 21.0. The van der Waals surface area contributed by atoms with E-state index >= 15 is 0 Å². The van der Waals surface area contributed by atoms with E-state index in [9.17, 15) is 14.4 Å². The van der Waals surface area contributed by atoms with Gasteiger partial charge in [-0.05, 0) is 42.1 Å². The molecule has 1 saturated heterocycles. The monoisotopic (exact) mass is 414 g/mol. The highest BCUT2D eigenvalue weighted by Gasteiger charge is 2.23. The van der Waals surface area contributed by atoms with Crippen LogP contribution in [0.15, 0.2) is 41.8 Å². The molecule has 1 aliphatic rings. The number of anilines is 1. The van der Waals surface area contributed by atoms with E-state index in [1.807, 2.05) is 18.4 Å². The number of rotatable bonds is 7. The van der Waals surface area contributed by atoms with Gasteiger partial charge in [0.15, 0.2) is 0 Å². The van der Waals surface area contributed by atoms with E-state index in [2.05, 4.69) is 15.5 Å². The summed E-state index contributed by atoms with van der Waals surface area (Å²) in [4.78, 5) is 41.2. The van der Waals surface area contributed by atoms with E-state index in [1.54, 1.807) is 35.2 Å². The summed E-state index contributed by atoms with van der Waals surface area (Å²) in [5.74, 6) is -0.152. The molecule has 0 spiro atoms. The highest BCUT2D eigenvalue weighted by Crippen LogP contribution is 2.16. The molecule has 0 radical (unpaired) electrons. The second-order valence-corrected chi connectivity index (χ2v) is 7.87. The number of amides is 3. The molecule has 3 amide bonds. The molecular formula is C21H26N4O3S. The zero-order chi connectivity index (χ0) is 20.6. The molecule has 2 aromatic rings. The third kappa shape index (κ3) is 5.88. The zero-order valence-corrected chi connectivity index (χ0v) is 17.3. The summed E-state index contributed by atoms with van der Waals surface area (Å²) < 4.78 is 0. The molecule has 8 heteroatoms. The van der Waals surface area contributed by atoms with Crippen LogP contribution in [0.1, 0.15) is 33.4 Å². The van der Waals surface area contributed by atoms with Crippen LogP contribution in [0.4, 0.5) is 5.69 Å². The maximum Gasteiger partial charge on any atom is 0.265 e. The van der Waals surface area contributed by atoms with Crippen molar-refractivity contribution in [1.82, 2.24) is 15.1 Å². The minimum atomic E-state index is -0.154. The summed E-state index contributed by atoms with van der Waals surface area (Å²) >= 11 is 1.38. The SMILES string of the molecule is CCCNC(=O)CN1CCN(C(=O)c2ccc(NC(=O)c3cccs3)cc2)CC1. The highest BCUT2D eigenvalue weighted by atomic mass is 32.1. The lowest BCUT2D eigenvalue weighted by Gasteiger charge is -2.34. The van der Waals surface area contributed by atoms with Gasteiger partial charge in [-0.1, -0.05) is 13.0 Å². The average molecular weight is 415 g/mol. The van der Waals surface area contributed by atoms with Crippen molar-refractivity contribution in [2.75, 3.05) is 44.6 Å². The molecule has 0 saturated carbocycles. The van der Waals surface area contributed by atoms with Gasteiger partial charge in [0, 0.05) is 44.0 Å². The van der Waals surface area contributed by atoms with Crippen molar-refractivity contribution in [3.05, 3.63) is 52.2 Å². The summed E-state index contributed by atoms with van der Waals surface area (Å²) in [5.41, 5.74) is 1.25. The van der Waals surface area contributed by atoms with Crippen LogP contribution in [0, 0.1) is 0 Å². The Morgan fingerprint density at radius 2 is 1.76 bits per heavy atom. The van der Waals surface area contributed by atoms with E-state index in [4.69, 9.17) is 0 Å². The Hall–Kier alpha value is -2.71. The topological polar surface area (TPSA) is 81.8 Å². The summed E-state index contributed by atoms with van der Waals surface area (Å²) in [6, 6.07) is 10.6. The summed E-state index contributed by atoms with van der Waals surface area (Å²) in [6.45, 7) is 5.64. The molecule has 1 aliphatic heterocycles. The molecule has 29 heavy (non-hydrogen) atoms. The number of carbonyl (C=O) groups is 3. The fourth-order valence-electron chi connectivity index (χ4n) is 3.11. The number of thiophene rings is 1. The Morgan fingerprint density at radius 1 is 1.03 bits per heavy atom. The third-order valence-electron chi connectivity index (χ3n) is 4.73. The number of piperazine rings is 1. The van der Waals surface area contributed by atoms with Crippen LogP contribution in [0.5, 0.6) is 0 Å². The van der Waals surface area contributed by atoms with E-state index in [1.165, 1.54) is 11.3 Å². The van der Waals surface area contributed by atoms with E-state index < -0.39 is 0 Å². The van der Waals surface area contributed by atoms with E-state index in [0.717, 1.165) is 6.42 Å². The molecule has 1 aromatic carbocycles. The van der Waals surface area contributed by atoms with Crippen LogP contribution in [0.3, 0.4) is 0 Å². The molecule has 154 valence electrons. The second kappa shape index (κ2) is 10.2. The van der Waals surface area contributed by atoms with Crippen molar-refractivity contribution in [2.24, 2.45) is 0 Å². The van der Waals surface area contributed by atoms with Crippen molar-refractivity contribution in [3.8, 4) is 0 Å². The van der Waals surface area contributed by atoms with Crippen molar-refractivity contribution in [2.45, 2.75) is 13.3 Å². The zero-order valence-electron chi connectivity index (χ0n) is 16.5. The fourth-order valence-corrected chi connectivity index (χ4v) is 3.73. The first-order chi connectivity index (χ1) is 14.1. The van der Waals surface area contributed by atoms with Gasteiger partial charge in [0.2, 0.25) is 5.91 Å². The van der Waals surface area contributed by atoms with Crippen LogP contribution in [-0.2, 0) is 4.79 Å². The molecule has 1 fully saturated rings. The maximum atomic E-state index is 12.7. The smallest absolute Gasteiger partial charge is 0.265 e. The minimum Gasteiger partial charge on any atom is -0.355 e. The van der Waals surface area contributed by atoms with Gasteiger partial charge in [-0.15, -0.1) is 11.3 Å². The van der Waals surface area contributed by atoms with Crippen molar-refractivity contribution in [1.29, 1.82) is 0 Å². The Kier molecular flexibility index (Phi) is 7.37. The fraction of sp³-hybridized carbons (Fsp3) is 0.381. The molecule has 0 aliphatic carbocycles. The highest BCUT2D eigenvalue weighted by molar-refractivity contribution is 7.12. The lowest BCUT2D eigenvalue weighted by atomic mass is 10.1. The number of hydrogen-bond donors (Lipinski definition) is 2. The summed E-state index contributed by atoms with van der Waals surface area (Å²) in [6.07, 6.45) is 0.921. The van der Waals surface area contributed by atoms with Crippen LogP contribution in [-0.4, -0.2) is 66.8 Å². The number of benzene rings is 1. The van der Waals surface area contributed by atoms with Gasteiger partial charge in [0.05, 0.1) is 11.4 Å². The lowest BCUT2D eigenvalue weighted by Crippen LogP contribution is -2.51. The molecule has 0 atom stereocenters. The summed E-state index contributed by atoms with van der Waals surface area (Å²) in [5, 5.41) is 7.56. The molecule has 0 bridgehead atoms. The first-order valence-electron chi connectivity index (χ1n) is 9.80. The van der Waals surface area contributed by atoms with Crippen LogP contribution < -0.4 is 10.6 Å². The normalized spacial score (nSPS) is 14.4. The molecule has 0 unspecified atom stereocenters. The number of nitrogens with one attached hydrogen (secondary N) is 2. The lowest BCUT2D eigenvalue weighted by molar-refractivity contribution is -0.122. The number of nitrogens with zero attached hydrogens (tertiary/aromatic N) is 2. The van der Waals surface area contributed by atoms with Crippen molar-refractivity contribution < 1.29 is 14.4 Å². The van der Waals surface area contributed by atoms with Gasteiger partial charge in [-0.2, -0.15) is 0 Å². The van der Waals surface area contributed by atoms with Crippen molar-refractivity contribution in [3.63, 3.8) is 0 Å². The third-order valence-corrected chi connectivity index (χ3v) is 5.60. The van der Waals surface area contributed by atoms with Gasteiger partial charge in [-0.25, -0.2) is 0 Å². The van der Waals surface area contributed by atoms with E-state index in [-0.39, 0.29) is 17.7 Å². The Labute approximate surface area is 174 Å². The second-order valence-electron chi connectivity index (χ2n) is 6.93. The van der Waals surface area contributed by atoms with E-state index in [0.29, 0.717) is 55.4 Å². The van der Waals surface area contributed by atoms with Crippen molar-refractivity contribution >= 4 is 34.7 Å². The van der Waals surface area contributed by atoms with Gasteiger partial charge in [-0.3, -0.25) is 19.3 Å². The predicted molar refractivity (Wildman–Crippen MR) is 114 cm³/mol. The molecule has 2 heterocycles. The van der Waals surface area contributed by atoms with Crippen LogP contribution in [0.2, 0.25) is 0 Å². The number of hydrogen-bond acceptors (Lipinski definition) is 5. The Balaban J connectivity index is 1.48. The standard InChI is InChI=1S/C21H26N4O3S/c1-2-9-22-19(26)15-24-10-12-25(13-11-24)21(28)16-5-7-17(8-6-16)23-20(27)18-4-3-14-29-18/h3-8,14H,2,9-13,15H2,1H3,(H,22,26)(H,23,27). The molecule has 7 nitrogen and oxygen atoms in total. The maximum absolute atomic E-state index is 12.7. The largest absolute Gasteiger partial charge is 0.355 e. The molecule has 1 aromatic heterocycles. The van der Waals surface area contributed by atoms with Gasteiger partial charge in [0.25, 0.3) is 11.8 Å². The predicted octanol–water partition coefficient (Wildman–Crippen LogP) is 2.28.